The third kappa shape index (κ3) is 5.42. The predicted molar refractivity (Wildman–Crippen MR) is 112 cm³/mol. The SMILES string of the molecule is CCOC(=O)c1cccc(Oc2ncccc2C(=O)NCc2ccc(CN)cc2)c1. The molecule has 7 heteroatoms. The topological polar surface area (TPSA) is 104 Å². The smallest absolute Gasteiger partial charge is 0.338 e. The normalized spacial score (nSPS) is 10.3. The van der Waals surface area contributed by atoms with E-state index < -0.39 is 5.97 Å². The average molecular weight is 405 g/mol. The van der Waals surface area contributed by atoms with Crippen LogP contribution in [0.4, 0.5) is 0 Å². The van der Waals surface area contributed by atoms with Gasteiger partial charge in [0, 0.05) is 19.3 Å². The van der Waals surface area contributed by atoms with Crippen LogP contribution in [0.5, 0.6) is 11.6 Å². The van der Waals surface area contributed by atoms with Crippen molar-refractivity contribution < 1.29 is 19.1 Å². The summed E-state index contributed by atoms with van der Waals surface area (Å²) in [4.78, 5) is 28.8. The van der Waals surface area contributed by atoms with E-state index in [0.717, 1.165) is 11.1 Å². The second-order valence-corrected chi connectivity index (χ2v) is 6.41. The Morgan fingerprint density at radius 2 is 1.80 bits per heavy atom. The molecule has 3 N–H and O–H groups in total. The van der Waals surface area contributed by atoms with Crippen molar-refractivity contribution in [1.29, 1.82) is 0 Å². The molecule has 1 amide bonds. The monoisotopic (exact) mass is 405 g/mol. The lowest BCUT2D eigenvalue weighted by Crippen LogP contribution is -2.23. The molecule has 0 radical (unpaired) electrons. The Kier molecular flexibility index (Phi) is 7.13. The molecule has 3 aromatic rings. The highest BCUT2D eigenvalue weighted by molar-refractivity contribution is 5.96. The highest BCUT2D eigenvalue weighted by Crippen LogP contribution is 2.24. The summed E-state index contributed by atoms with van der Waals surface area (Å²) in [6, 6.07) is 17.5. The summed E-state index contributed by atoms with van der Waals surface area (Å²) >= 11 is 0. The van der Waals surface area contributed by atoms with Gasteiger partial charge in [-0.05, 0) is 48.4 Å². The number of hydrogen-bond donors (Lipinski definition) is 2. The summed E-state index contributed by atoms with van der Waals surface area (Å²) in [6.45, 7) is 2.85. The van der Waals surface area contributed by atoms with E-state index in [1.807, 2.05) is 24.3 Å². The molecule has 0 spiro atoms. The van der Waals surface area contributed by atoms with Gasteiger partial charge in [0.15, 0.2) is 0 Å². The Morgan fingerprint density at radius 3 is 2.53 bits per heavy atom. The Morgan fingerprint density at radius 1 is 1.03 bits per heavy atom. The molecule has 7 nitrogen and oxygen atoms in total. The van der Waals surface area contributed by atoms with E-state index >= 15 is 0 Å². The molecular formula is C23H23N3O4. The number of pyridine rings is 1. The minimum atomic E-state index is -0.442. The third-order valence-electron chi connectivity index (χ3n) is 4.29. The largest absolute Gasteiger partial charge is 0.462 e. The van der Waals surface area contributed by atoms with Crippen molar-refractivity contribution in [3.8, 4) is 11.6 Å². The number of amides is 1. The lowest BCUT2D eigenvalue weighted by molar-refractivity contribution is 0.0525. The maximum atomic E-state index is 12.7. The van der Waals surface area contributed by atoms with Crippen LogP contribution in [0.2, 0.25) is 0 Å². The van der Waals surface area contributed by atoms with Crippen molar-refractivity contribution in [2.75, 3.05) is 6.61 Å². The first-order valence-corrected chi connectivity index (χ1v) is 9.57. The van der Waals surface area contributed by atoms with Gasteiger partial charge in [-0.3, -0.25) is 4.79 Å². The third-order valence-corrected chi connectivity index (χ3v) is 4.29. The summed E-state index contributed by atoms with van der Waals surface area (Å²) in [5.41, 5.74) is 8.23. The van der Waals surface area contributed by atoms with Crippen LogP contribution >= 0.6 is 0 Å². The number of benzene rings is 2. The van der Waals surface area contributed by atoms with Crippen LogP contribution in [0.1, 0.15) is 38.8 Å². The highest BCUT2D eigenvalue weighted by atomic mass is 16.5. The zero-order valence-electron chi connectivity index (χ0n) is 16.6. The minimum absolute atomic E-state index is 0.148. The van der Waals surface area contributed by atoms with Gasteiger partial charge in [-0.15, -0.1) is 0 Å². The fourth-order valence-corrected chi connectivity index (χ4v) is 2.73. The molecule has 1 heterocycles. The molecule has 2 aromatic carbocycles. The number of nitrogens with two attached hydrogens (primary N) is 1. The van der Waals surface area contributed by atoms with Crippen LogP contribution in [0.15, 0.2) is 66.9 Å². The predicted octanol–water partition coefficient (Wildman–Crippen LogP) is 3.44. The highest BCUT2D eigenvalue weighted by Gasteiger charge is 2.15. The van der Waals surface area contributed by atoms with Crippen LogP contribution in [0.3, 0.4) is 0 Å². The fourth-order valence-electron chi connectivity index (χ4n) is 2.73. The summed E-state index contributed by atoms with van der Waals surface area (Å²) in [7, 11) is 0. The number of aromatic nitrogens is 1. The van der Waals surface area contributed by atoms with Crippen LogP contribution in [-0.2, 0) is 17.8 Å². The van der Waals surface area contributed by atoms with Gasteiger partial charge in [-0.25, -0.2) is 9.78 Å². The van der Waals surface area contributed by atoms with E-state index in [0.29, 0.717) is 24.4 Å². The summed E-state index contributed by atoms with van der Waals surface area (Å²) in [5.74, 6) is -0.231. The van der Waals surface area contributed by atoms with Crippen molar-refractivity contribution in [2.24, 2.45) is 5.73 Å². The van der Waals surface area contributed by atoms with E-state index in [9.17, 15) is 9.59 Å². The van der Waals surface area contributed by atoms with Gasteiger partial charge in [0.25, 0.3) is 5.91 Å². The number of carbonyl (C=O) groups is 2. The van der Waals surface area contributed by atoms with Gasteiger partial charge in [0.05, 0.1) is 12.2 Å². The quantitative estimate of drug-likeness (QED) is 0.557. The first-order chi connectivity index (χ1) is 14.6. The van der Waals surface area contributed by atoms with Crippen LogP contribution in [0.25, 0.3) is 0 Å². The second kappa shape index (κ2) is 10.2. The summed E-state index contributed by atoms with van der Waals surface area (Å²) in [5, 5.41) is 2.86. The average Bonchev–Trinajstić information content (AvgIpc) is 2.78. The number of esters is 1. The second-order valence-electron chi connectivity index (χ2n) is 6.41. The zero-order chi connectivity index (χ0) is 21.3. The molecular weight excluding hydrogens is 382 g/mol. The molecule has 3 rings (SSSR count). The van der Waals surface area contributed by atoms with E-state index in [4.69, 9.17) is 15.2 Å². The molecule has 30 heavy (non-hydrogen) atoms. The number of carbonyl (C=O) groups excluding carboxylic acids is 2. The van der Waals surface area contributed by atoms with Crippen molar-refractivity contribution in [1.82, 2.24) is 10.3 Å². The van der Waals surface area contributed by atoms with Gasteiger partial charge in [0.2, 0.25) is 5.88 Å². The number of rotatable bonds is 8. The minimum Gasteiger partial charge on any atom is -0.462 e. The van der Waals surface area contributed by atoms with E-state index in [-0.39, 0.29) is 24.0 Å². The molecule has 154 valence electrons. The molecule has 0 saturated carbocycles. The van der Waals surface area contributed by atoms with E-state index in [1.54, 1.807) is 43.3 Å². The van der Waals surface area contributed by atoms with Crippen molar-refractivity contribution in [3.05, 3.63) is 89.1 Å². The summed E-state index contributed by atoms with van der Waals surface area (Å²) in [6.07, 6.45) is 1.53. The van der Waals surface area contributed by atoms with Crippen molar-refractivity contribution >= 4 is 11.9 Å². The van der Waals surface area contributed by atoms with Gasteiger partial charge >= 0.3 is 5.97 Å². The number of nitrogens with zero attached hydrogens (tertiary/aromatic N) is 1. The Hall–Kier alpha value is -3.71. The zero-order valence-corrected chi connectivity index (χ0v) is 16.6. The Labute approximate surface area is 174 Å². The van der Waals surface area contributed by atoms with Crippen LogP contribution < -0.4 is 15.8 Å². The molecule has 0 aliphatic heterocycles. The molecule has 1 aromatic heterocycles. The van der Waals surface area contributed by atoms with Gasteiger partial charge in [-0.1, -0.05) is 30.3 Å². The molecule has 0 fully saturated rings. The maximum absolute atomic E-state index is 12.7. The number of ether oxygens (including phenoxy) is 2. The molecule has 0 saturated heterocycles. The molecule has 0 unspecified atom stereocenters. The van der Waals surface area contributed by atoms with E-state index in [2.05, 4.69) is 10.3 Å². The van der Waals surface area contributed by atoms with Gasteiger partial charge in [-0.2, -0.15) is 0 Å². The number of hydrogen-bond acceptors (Lipinski definition) is 6. The lowest BCUT2D eigenvalue weighted by Gasteiger charge is -2.11. The molecule has 0 bridgehead atoms. The van der Waals surface area contributed by atoms with Gasteiger partial charge in [0.1, 0.15) is 11.3 Å². The van der Waals surface area contributed by atoms with Crippen molar-refractivity contribution in [3.63, 3.8) is 0 Å². The lowest BCUT2D eigenvalue weighted by atomic mass is 10.1. The molecule has 0 atom stereocenters. The standard InChI is InChI=1S/C23H23N3O4/c1-2-29-23(28)18-5-3-6-19(13-18)30-22-20(7-4-12-25-22)21(27)26-15-17-10-8-16(14-24)9-11-17/h3-13H,2,14-15,24H2,1H3,(H,26,27). The summed E-state index contributed by atoms with van der Waals surface area (Å²) < 4.78 is 10.8. The first-order valence-electron chi connectivity index (χ1n) is 9.57. The molecule has 0 aliphatic carbocycles. The Bertz CT molecular complexity index is 1020. The van der Waals surface area contributed by atoms with E-state index in [1.165, 1.54) is 6.20 Å². The van der Waals surface area contributed by atoms with Crippen LogP contribution in [0, 0.1) is 0 Å². The van der Waals surface area contributed by atoms with Crippen molar-refractivity contribution in [2.45, 2.75) is 20.0 Å². The van der Waals surface area contributed by atoms with Crippen LogP contribution in [-0.4, -0.2) is 23.5 Å². The molecule has 0 aliphatic rings. The maximum Gasteiger partial charge on any atom is 0.338 e. The Balaban J connectivity index is 1.71. The number of nitrogens with one attached hydrogen (secondary N) is 1. The fraction of sp³-hybridized carbons (Fsp3) is 0.174. The van der Waals surface area contributed by atoms with Gasteiger partial charge < -0.3 is 20.5 Å². The first kappa shape index (κ1) is 21.0.